The van der Waals surface area contributed by atoms with Crippen molar-refractivity contribution in [3.05, 3.63) is 66.1 Å². The lowest BCUT2D eigenvalue weighted by atomic mass is 10.0. The van der Waals surface area contributed by atoms with Crippen LogP contribution in [0.3, 0.4) is 0 Å². The Labute approximate surface area is 227 Å². The van der Waals surface area contributed by atoms with E-state index in [4.69, 9.17) is 15.6 Å². The highest BCUT2D eigenvalue weighted by Gasteiger charge is 2.31. The van der Waals surface area contributed by atoms with Gasteiger partial charge in [-0.15, -0.1) is 0 Å². The zero-order chi connectivity index (χ0) is 27.8. The Balaban J connectivity index is 1.30. The first-order chi connectivity index (χ1) is 19.4. The van der Waals surface area contributed by atoms with E-state index < -0.39 is 17.4 Å². The minimum atomic E-state index is -0.842. The molecule has 12 heteroatoms. The molecule has 0 radical (unpaired) electrons. The Kier molecular flexibility index (Phi) is 6.55. The van der Waals surface area contributed by atoms with E-state index in [9.17, 15) is 18.8 Å². The summed E-state index contributed by atoms with van der Waals surface area (Å²) in [6, 6.07) is 8.43. The van der Waals surface area contributed by atoms with Crippen LogP contribution in [0.15, 0.2) is 54.5 Å². The van der Waals surface area contributed by atoms with E-state index in [2.05, 4.69) is 21.0 Å². The summed E-state index contributed by atoms with van der Waals surface area (Å²) in [6.45, 7) is 0.915. The smallest absolute Gasteiger partial charge is 0.264 e. The SMILES string of the molecule is N#CC(=CC1CC1)C(=O)N1CCCC(n2nc(-c3ccc(Oc4c(F)cccc4F)nc3)c3c(N)ncnc32)C1. The zero-order valence-electron chi connectivity index (χ0n) is 21.3. The number of amides is 1. The first-order valence-corrected chi connectivity index (χ1v) is 12.9. The Hall–Kier alpha value is -4.92. The third kappa shape index (κ3) is 4.82. The summed E-state index contributed by atoms with van der Waals surface area (Å²) < 4.78 is 35.1. The molecule has 1 aliphatic heterocycles. The minimum Gasteiger partial charge on any atom is -0.433 e. The lowest BCUT2D eigenvalue weighted by Crippen LogP contribution is -2.41. The molecule has 3 aromatic heterocycles. The molecule has 0 spiro atoms. The summed E-state index contributed by atoms with van der Waals surface area (Å²) in [5.74, 6) is -1.96. The average molecular weight is 543 g/mol. The van der Waals surface area contributed by atoms with Crippen molar-refractivity contribution in [1.29, 1.82) is 5.26 Å². The molecule has 1 atom stereocenters. The predicted octanol–water partition coefficient (Wildman–Crippen LogP) is 4.56. The number of piperidine rings is 1. The summed E-state index contributed by atoms with van der Waals surface area (Å²) in [5.41, 5.74) is 7.97. The molecule has 10 nitrogen and oxygen atoms in total. The fourth-order valence-corrected chi connectivity index (χ4v) is 4.88. The molecular weight excluding hydrogens is 518 g/mol. The molecule has 6 rings (SSSR count). The van der Waals surface area contributed by atoms with Crippen LogP contribution in [0, 0.1) is 28.9 Å². The van der Waals surface area contributed by atoms with E-state index in [1.165, 1.54) is 24.7 Å². The van der Waals surface area contributed by atoms with Crippen LogP contribution < -0.4 is 10.5 Å². The fraction of sp³-hybridized carbons (Fsp3) is 0.286. The van der Waals surface area contributed by atoms with E-state index in [1.807, 2.05) is 0 Å². The largest absolute Gasteiger partial charge is 0.433 e. The molecule has 40 heavy (non-hydrogen) atoms. The normalized spacial score (nSPS) is 17.6. The highest BCUT2D eigenvalue weighted by atomic mass is 19.1. The van der Waals surface area contributed by atoms with Crippen LogP contribution >= 0.6 is 0 Å². The van der Waals surface area contributed by atoms with Crippen LogP contribution in [-0.4, -0.2) is 48.6 Å². The second kappa shape index (κ2) is 10.3. The van der Waals surface area contributed by atoms with E-state index >= 15 is 0 Å². The van der Waals surface area contributed by atoms with Gasteiger partial charge in [0.2, 0.25) is 11.6 Å². The number of rotatable bonds is 6. The minimum absolute atomic E-state index is 0.00491. The Morgan fingerprint density at radius 3 is 2.62 bits per heavy atom. The maximum Gasteiger partial charge on any atom is 0.264 e. The van der Waals surface area contributed by atoms with Gasteiger partial charge in [-0.2, -0.15) is 10.4 Å². The van der Waals surface area contributed by atoms with Crippen molar-refractivity contribution in [3.8, 4) is 29.0 Å². The van der Waals surface area contributed by atoms with Crippen LogP contribution in [0.25, 0.3) is 22.3 Å². The summed E-state index contributed by atoms with van der Waals surface area (Å²) in [6.07, 6.45) is 8.09. The van der Waals surface area contributed by atoms with E-state index in [-0.39, 0.29) is 29.2 Å². The maximum atomic E-state index is 14.0. The summed E-state index contributed by atoms with van der Waals surface area (Å²) in [7, 11) is 0. The average Bonchev–Trinajstić information content (AvgIpc) is 3.71. The van der Waals surface area contributed by atoms with Gasteiger partial charge in [-0.1, -0.05) is 12.1 Å². The molecule has 2 N–H and O–H groups in total. The maximum absolute atomic E-state index is 14.0. The number of aromatic nitrogens is 5. The van der Waals surface area contributed by atoms with Gasteiger partial charge in [0.25, 0.3) is 5.91 Å². The number of hydrogen-bond acceptors (Lipinski definition) is 8. The third-order valence-corrected chi connectivity index (χ3v) is 7.06. The number of nitrogen functional groups attached to an aromatic ring is 1. The summed E-state index contributed by atoms with van der Waals surface area (Å²) in [4.78, 5) is 27.6. The Morgan fingerprint density at radius 2 is 1.93 bits per heavy atom. The van der Waals surface area contributed by atoms with Crippen molar-refractivity contribution < 1.29 is 18.3 Å². The lowest BCUT2D eigenvalue weighted by molar-refractivity contribution is -0.128. The van der Waals surface area contributed by atoms with Crippen LogP contribution in [0.5, 0.6) is 11.6 Å². The Morgan fingerprint density at radius 1 is 1.12 bits per heavy atom. The molecule has 2 fully saturated rings. The fourth-order valence-electron chi connectivity index (χ4n) is 4.88. The molecule has 1 saturated heterocycles. The van der Waals surface area contributed by atoms with Crippen molar-refractivity contribution in [2.75, 3.05) is 18.8 Å². The molecule has 4 aromatic rings. The number of pyridine rings is 1. The predicted molar refractivity (Wildman–Crippen MR) is 141 cm³/mol. The van der Waals surface area contributed by atoms with Gasteiger partial charge in [0.05, 0.1) is 11.4 Å². The number of nitrogens with zero attached hydrogens (tertiary/aromatic N) is 7. The molecule has 202 valence electrons. The van der Waals surface area contributed by atoms with Gasteiger partial charge in [-0.05, 0) is 49.8 Å². The number of carbonyl (C=O) groups excluding carboxylic acids is 1. The van der Waals surface area contributed by atoms with Crippen LogP contribution in [0.1, 0.15) is 31.7 Å². The molecule has 1 aromatic carbocycles. The van der Waals surface area contributed by atoms with Gasteiger partial charge in [0.1, 0.15) is 29.5 Å². The summed E-state index contributed by atoms with van der Waals surface area (Å²) in [5, 5.41) is 14.9. The molecule has 1 amide bonds. The number of nitrogens with two attached hydrogens (primary N) is 1. The monoisotopic (exact) mass is 542 g/mol. The van der Waals surface area contributed by atoms with E-state index in [0.29, 0.717) is 41.3 Å². The van der Waals surface area contributed by atoms with Crippen molar-refractivity contribution in [3.63, 3.8) is 0 Å². The standard InChI is InChI=1S/C28H24F2N8O2/c29-20-4-1-5-21(30)25(20)40-22-9-8-17(13-33-22)24-23-26(32)34-15-35-27(23)38(36-24)19-3-2-10-37(14-19)28(39)18(12-31)11-16-6-7-16/h1,4-5,8-9,11,13,15-16,19H,2-3,6-7,10,14H2,(H2,32,34,35). The number of fused-ring (bicyclic) bond motifs is 1. The van der Waals surface area contributed by atoms with Gasteiger partial charge >= 0.3 is 0 Å². The van der Waals surface area contributed by atoms with Gasteiger partial charge < -0.3 is 15.4 Å². The van der Waals surface area contributed by atoms with Crippen molar-refractivity contribution in [2.24, 2.45) is 5.92 Å². The zero-order valence-corrected chi connectivity index (χ0v) is 21.3. The number of carbonyl (C=O) groups is 1. The molecule has 0 bridgehead atoms. The molecule has 1 saturated carbocycles. The third-order valence-electron chi connectivity index (χ3n) is 7.06. The highest BCUT2D eigenvalue weighted by Crippen LogP contribution is 2.35. The van der Waals surface area contributed by atoms with Crippen molar-refractivity contribution in [2.45, 2.75) is 31.7 Å². The van der Waals surface area contributed by atoms with Gasteiger partial charge in [0, 0.05) is 30.9 Å². The number of likely N-dealkylation sites (tertiary alicyclic amines) is 1. The van der Waals surface area contributed by atoms with Crippen molar-refractivity contribution in [1.82, 2.24) is 29.6 Å². The highest BCUT2D eigenvalue weighted by molar-refractivity contribution is 5.98. The number of allylic oxidation sites excluding steroid dienone is 1. The number of hydrogen-bond donors (Lipinski definition) is 1. The molecule has 1 aliphatic carbocycles. The van der Waals surface area contributed by atoms with E-state index in [0.717, 1.165) is 37.8 Å². The Bertz CT molecular complexity index is 1650. The van der Waals surface area contributed by atoms with Gasteiger partial charge in [-0.3, -0.25) is 4.79 Å². The second-order valence-electron chi connectivity index (χ2n) is 9.87. The topological polar surface area (TPSA) is 136 Å². The molecule has 1 unspecified atom stereocenters. The van der Waals surface area contributed by atoms with Crippen molar-refractivity contribution >= 4 is 22.8 Å². The van der Waals surface area contributed by atoms with Gasteiger partial charge in [-0.25, -0.2) is 28.4 Å². The number of halogens is 2. The second-order valence-corrected chi connectivity index (χ2v) is 9.87. The lowest BCUT2D eigenvalue weighted by Gasteiger charge is -2.32. The quantitative estimate of drug-likeness (QED) is 0.277. The number of anilines is 1. The number of nitriles is 1. The van der Waals surface area contributed by atoms with Crippen LogP contribution in [-0.2, 0) is 4.79 Å². The molecular formula is C28H24F2N8O2. The van der Waals surface area contributed by atoms with E-state index in [1.54, 1.807) is 21.7 Å². The number of para-hydroxylation sites is 1. The van der Waals surface area contributed by atoms with Gasteiger partial charge in [0.15, 0.2) is 17.3 Å². The number of benzene rings is 1. The van der Waals surface area contributed by atoms with Crippen LogP contribution in [0.4, 0.5) is 14.6 Å². The first-order valence-electron chi connectivity index (χ1n) is 12.9. The number of ether oxygens (including phenoxy) is 1. The molecule has 2 aliphatic rings. The molecule has 4 heterocycles. The van der Waals surface area contributed by atoms with Crippen LogP contribution in [0.2, 0.25) is 0 Å². The first kappa shape index (κ1) is 25.4. The summed E-state index contributed by atoms with van der Waals surface area (Å²) >= 11 is 0.